The molecule has 3 heteroatoms. The maximum Gasteiger partial charge on any atom is 0.293 e. The number of carbonyl (C=O) groups excluding carboxylic acids is 2. The molecule has 13 heavy (non-hydrogen) atoms. The fourth-order valence-electron chi connectivity index (χ4n) is 1.07. The Balaban J connectivity index is 2.66. The van der Waals surface area contributed by atoms with E-state index < -0.39 is 0 Å². The molecule has 0 heterocycles. The van der Waals surface area contributed by atoms with E-state index in [9.17, 15) is 9.59 Å². The Morgan fingerprint density at radius 2 is 2.00 bits per heavy atom. The van der Waals surface area contributed by atoms with Gasteiger partial charge < -0.3 is 9.53 Å². The third kappa shape index (κ3) is 3.07. The molecule has 0 aromatic heterocycles. The van der Waals surface area contributed by atoms with E-state index in [1.54, 1.807) is 0 Å². The second-order valence-corrected chi connectivity index (χ2v) is 2.60. The molecule has 0 fully saturated rings. The standard InChI is InChI=1S/C10H10O3/c11-5-4-9-2-1-3-10(6-9)7-13-8-12/h1-3,5-6,8H,4,7H2. The molecule has 3 nitrogen and oxygen atoms in total. The number of ether oxygens (including phenoxy) is 1. The summed E-state index contributed by atoms with van der Waals surface area (Å²) < 4.78 is 4.58. The van der Waals surface area contributed by atoms with Crippen molar-refractivity contribution in [1.82, 2.24) is 0 Å². The molecule has 68 valence electrons. The average Bonchev–Trinajstić information content (AvgIpc) is 2.16. The van der Waals surface area contributed by atoms with Crippen molar-refractivity contribution in [3.8, 4) is 0 Å². The molecule has 0 amide bonds. The molecule has 0 spiro atoms. The largest absolute Gasteiger partial charge is 0.463 e. The van der Waals surface area contributed by atoms with Crippen LogP contribution in [0.4, 0.5) is 0 Å². The molecule has 0 N–H and O–H groups in total. The van der Waals surface area contributed by atoms with Crippen LogP contribution in [0.15, 0.2) is 24.3 Å². The molecular formula is C10H10O3. The summed E-state index contributed by atoms with van der Waals surface area (Å²) in [5.41, 5.74) is 1.83. The smallest absolute Gasteiger partial charge is 0.293 e. The highest BCUT2D eigenvalue weighted by atomic mass is 16.5. The first kappa shape index (κ1) is 9.45. The van der Waals surface area contributed by atoms with Crippen LogP contribution in [-0.2, 0) is 27.4 Å². The van der Waals surface area contributed by atoms with Crippen molar-refractivity contribution in [2.45, 2.75) is 13.0 Å². The zero-order valence-electron chi connectivity index (χ0n) is 7.10. The maximum absolute atomic E-state index is 10.2. The zero-order valence-corrected chi connectivity index (χ0v) is 7.10. The Kier molecular flexibility index (Phi) is 3.70. The monoisotopic (exact) mass is 178 g/mol. The van der Waals surface area contributed by atoms with Gasteiger partial charge in [-0.1, -0.05) is 24.3 Å². The van der Waals surface area contributed by atoms with Crippen LogP contribution in [0, 0.1) is 0 Å². The van der Waals surface area contributed by atoms with Crippen LogP contribution in [0.5, 0.6) is 0 Å². The first-order valence-corrected chi connectivity index (χ1v) is 3.93. The van der Waals surface area contributed by atoms with E-state index in [0.29, 0.717) is 12.9 Å². The fourth-order valence-corrected chi connectivity index (χ4v) is 1.07. The normalized spacial score (nSPS) is 9.23. The summed E-state index contributed by atoms with van der Waals surface area (Å²) in [5, 5.41) is 0. The summed E-state index contributed by atoms with van der Waals surface area (Å²) in [7, 11) is 0. The van der Waals surface area contributed by atoms with Crippen molar-refractivity contribution in [1.29, 1.82) is 0 Å². The highest BCUT2D eigenvalue weighted by Gasteiger charge is 1.95. The predicted molar refractivity (Wildman–Crippen MR) is 47.1 cm³/mol. The van der Waals surface area contributed by atoms with Crippen LogP contribution in [-0.4, -0.2) is 12.8 Å². The van der Waals surface area contributed by atoms with E-state index in [4.69, 9.17) is 0 Å². The lowest BCUT2D eigenvalue weighted by molar-refractivity contribution is -0.129. The SMILES string of the molecule is O=CCc1cccc(COC=O)c1. The molecule has 0 saturated heterocycles. The Morgan fingerprint density at radius 3 is 2.69 bits per heavy atom. The van der Waals surface area contributed by atoms with Crippen molar-refractivity contribution in [2.75, 3.05) is 0 Å². The van der Waals surface area contributed by atoms with E-state index in [1.165, 1.54) is 0 Å². The van der Waals surface area contributed by atoms with Crippen molar-refractivity contribution in [3.63, 3.8) is 0 Å². The summed E-state index contributed by atoms with van der Waals surface area (Å²) >= 11 is 0. The minimum absolute atomic E-state index is 0.260. The fraction of sp³-hybridized carbons (Fsp3) is 0.200. The summed E-state index contributed by atoms with van der Waals surface area (Å²) in [6, 6.07) is 7.39. The number of carbonyl (C=O) groups is 2. The van der Waals surface area contributed by atoms with Gasteiger partial charge in [0.25, 0.3) is 6.47 Å². The van der Waals surface area contributed by atoms with Gasteiger partial charge in [0, 0.05) is 6.42 Å². The van der Waals surface area contributed by atoms with Gasteiger partial charge >= 0.3 is 0 Å². The van der Waals surface area contributed by atoms with Gasteiger partial charge in [-0.05, 0) is 11.1 Å². The summed E-state index contributed by atoms with van der Waals surface area (Å²) in [6.07, 6.45) is 1.24. The number of hydrogen-bond donors (Lipinski definition) is 0. The molecule has 1 aromatic rings. The third-order valence-corrected chi connectivity index (χ3v) is 1.63. The minimum atomic E-state index is 0.260. The van der Waals surface area contributed by atoms with Gasteiger partial charge in [-0.15, -0.1) is 0 Å². The van der Waals surface area contributed by atoms with Gasteiger partial charge in [0.05, 0.1) is 0 Å². The maximum atomic E-state index is 10.2. The quantitative estimate of drug-likeness (QED) is 0.634. The van der Waals surface area contributed by atoms with Crippen LogP contribution >= 0.6 is 0 Å². The average molecular weight is 178 g/mol. The topological polar surface area (TPSA) is 43.4 Å². The zero-order chi connectivity index (χ0) is 9.52. The third-order valence-electron chi connectivity index (χ3n) is 1.63. The van der Waals surface area contributed by atoms with Crippen molar-refractivity contribution >= 4 is 12.8 Å². The van der Waals surface area contributed by atoms with Gasteiger partial charge in [-0.25, -0.2) is 0 Å². The molecule has 1 rings (SSSR count). The highest BCUT2D eigenvalue weighted by Crippen LogP contribution is 2.06. The number of aldehydes is 1. The Bertz CT molecular complexity index is 294. The van der Waals surface area contributed by atoms with E-state index in [-0.39, 0.29) is 6.61 Å². The van der Waals surface area contributed by atoms with Gasteiger partial charge in [0.2, 0.25) is 0 Å². The molecule has 0 aliphatic heterocycles. The number of rotatable bonds is 5. The lowest BCUT2D eigenvalue weighted by atomic mass is 10.1. The first-order valence-electron chi connectivity index (χ1n) is 3.93. The second-order valence-electron chi connectivity index (χ2n) is 2.60. The predicted octanol–water partition coefficient (Wildman–Crippen LogP) is 1.10. The minimum Gasteiger partial charge on any atom is -0.463 e. The van der Waals surface area contributed by atoms with Gasteiger partial charge in [0.1, 0.15) is 12.9 Å². The van der Waals surface area contributed by atoms with Gasteiger partial charge in [0.15, 0.2) is 0 Å². The summed E-state index contributed by atoms with van der Waals surface area (Å²) in [6.45, 7) is 0.669. The van der Waals surface area contributed by atoms with Crippen molar-refractivity contribution < 1.29 is 14.3 Å². The molecule has 0 atom stereocenters. The molecule has 0 radical (unpaired) electrons. The number of benzene rings is 1. The van der Waals surface area contributed by atoms with Crippen LogP contribution in [0.3, 0.4) is 0 Å². The Morgan fingerprint density at radius 1 is 1.23 bits per heavy atom. The van der Waals surface area contributed by atoms with Crippen molar-refractivity contribution in [3.05, 3.63) is 35.4 Å². The number of hydrogen-bond acceptors (Lipinski definition) is 3. The molecule has 0 unspecified atom stereocenters. The Labute approximate surface area is 76.3 Å². The van der Waals surface area contributed by atoms with Crippen LogP contribution in [0.1, 0.15) is 11.1 Å². The van der Waals surface area contributed by atoms with E-state index >= 15 is 0 Å². The lowest BCUT2D eigenvalue weighted by Crippen LogP contribution is -1.92. The molecular weight excluding hydrogens is 168 g/mol. The second kappa shape index (κ2) is 5.09. The molecule has 0 bridgehead atoms. The van der Waals surface area contributed by atoms with E-state index in [1.807, 2.05) is 24.3 Å². The molecule has 0 aliphatic carbocycles. The van der Waals surface area contributed by atoms with Gasteiger partial charge in [-0.3, -0.25) is 4.79 Å². The van der Waals surface area contributed by atoms with E-state index in [0.717, 1.165) is 17.4 Å². The Hall–Kier alpha value is -1.64. The molecule has 0 aliphatic rings. The summed E-state index contributed by atoms with van der Waals surface area (Å²) in [4.78, 5) is 20.1. The van der Waals surface area contributed by atoms with Crippen LogP contribution < -0.4 is 0 Å². The van der Waals surface area contributed by atoms with Gasteiger partial charge in [-0.2, -0.15) is 0 Å². The van der Waals surface area contributed by atoms with Crippen molar-refractivity contribution in [2.24, 2.45) is 0 Å². The van der Waals surface area contributed by atoms with E-state index in [2.05, 4.69) is 4.74 Å². The molecule has 1 aromatic carbocycles. The summed E-state index contributed by atoms with van der Waals surface area (Å²) in [5.74, 6) is 0. The highest BCUT2D eigenvalue weighted by molar-refractivity contribution is 5.55. The molecule has 0 saturated carbocycles. The lowest BCUT2D eigenvalue weighted by Gasteiger charge is -2.01. The van der Waals surface area contributed by atoms with Crippen LogP contribution in [0.2, 0.25) is 0 Å². The first-order chi connectivity index (χ1) is 6.36. The van der Waals surface area contributed by atoms with Crippen LogP contribution in [0.25, 0.3) is 0 Å².